The Morgan fingerprint density at radius 1 is 1.46 bits per heavy atom. The Morgan fingerprint density at radius 3 is 2.85 bits per heavy atom. The lowest BCUT2D eigenvalue weighted by Crippen LogP contribution is -2.30. The van der Waals surface area contributed by atoms with Gasteiger partial charge in [-0.15, -0.1) is 0 Å². The summed E-state index contributed by atoms with van der Waals surface area (Å²) in [6.07, 6.45) is 1.93. The van der Waals surface area contributed by atoms with E-state index in [0.717, 1.165) is 18.8 Å². The van der Waals surface area contributed by atoms with Crippen LogP contribution in [-0.4, -0.2) is 20.9 Å². The Hall–Kier alpha value is -0.870. The van der Waals surface area contributed by atoms with E-state index in [0.29, 0.717) is 0 Å². The summed E-state index contributed by atoms with van der Waals surface area (Å²) in [5.74, 6) is 0. The topological polar surface area (TPSA) is 41.1 Å². The van der Waals surface area contributed by atoms with E-state index in [1.54, 1.807) is 0 Å². The molecule has 0 atom stereocenters. The maximum Gasteiger partial charge on any atom is 0.0832 e. The first kappa shape index (κ1) is 8.72. The van der Waals surface area contributed by atoms with E-state index < -0.39 is 0 Å². The molecule has 0 aliphatic carbocycles. The summed E-state index contributed by atoms with van der Waals surface area (Å²) >= 11 is 0. The van der Waals surface area contributed by atoms with Crippen molar-refractivity contribution in [2.75, 3.05) is 0 Å². The van der Waals surface area contributed by atoms with Crippen LogP contribution in [0.1, 0.15) is 32.0 Å². The van der Waals surface area contributed by atoms with Crippen LogP contribution in [0.2, 0.25) is 0 Å². The molecule has 0 spiro atoms. The van der Waals surface area contributed by atoms with Gasteiger partial charge in [-0.05, 0) is 20.8 Å². The summed E-state index contributed by atoms with van der Waals surface area (Å²) in [6.45, 7) is 7.78. The molecule has 1 N–H and O–H groups in total. The molecule has 2 rings (SSSR count). The van der Waals surface area contributed by atoms with Crippen molar-refractivity contribution in [3.8, 4) is 0 Å². The molecule has 0 bridgehead atoms. The van der Waals surface area contributed by atoms with Crippen LogP contribution in [0.4, 0.5) is 0 Å². The van der Waals surface area contributed by atoms with Gasteiger partial charge in [0.1, 0.15) is 0 Å². The van der Waals surface area contributed by atoms with Crippen molar-refractivity contribution >= 4 is 0 Å². The lowest BCUT2D eigenvalue weighted by molar-refractivity contribution is -0.235. The Bertz CT molecular complexity index is 280. The number of H-pyrrole nitrogens is 1. The van der Waals surface area contributed by atoms with Crippen LogP contribution < -0.4 is 0 Å². The maximum atomic E-state index is 5.72. The molecule has 4 heteroatoms. The van der Waals surface area contributed by atoms with Crippen molar-refractivity contribution in [3.05, 3.63) is 17.5 Å². The van der Waals surface area contributed by atoms with E-state index in [1.165, 1.54) is 5.56 Å². The first-order valence-electron chi connectivity index (χ1n) is 4.50. The summed E-state index contributed by atoms with van der Waals surface area (Å²) in [6, 6.07) is 0. The summed E-state index contributed by atoms with van der Waals surface area (Å²) in [5.41, 5.74) is 2.22. The van der Waals surface area contributed by atoms with E-state index in [2.05, 4.69) is 31.0 Å². The van der Waals surface area contributed by atoms with Crippen LogP contribution >= 0.6 is 0 Å². The van der Waals surface area contributed by atoms with Crippen molar-refractivity contribution in [3.63, 3.8) is 0 Å². The van der Waals surface area contributed by atoms with E-state index in [9.17, 15) is 0 Å². The van der Waals surface area contributed by atoms with Gasteiger partial charge in [-0.3, -0.25) is 9.94 Å². The molecule has 0 fully saturated rings. The predicted octanol–water partition coefficient (Wildman–Crippen LogP) is 1.46. The highest BCUT2D eigenvalue weighted by Gasteiger charge is 2.25. The molecule has 0 saturated heterocycles. The number of nitrogens with zero attached hydrogens (tertiary/aromatic N) is 2. The molecule has 0 radical (unpaired) electrons. The molecule has 13 heavy (non-hydrogen) atoms. The molecule has 1 aromatic rings. The standard InChI is InChI=1S/C9H15N3O/c1-9(2,3)13-12-5-7-4-10-11-8(7)6-12/h4H,5-6H2,1-3H3,(H,10,11). The molecular formula is C9H15N3O. The van der Waals surface area contributed by atoms with Crippen LogP contribution in [0.25, 0.3) is 0 Å². The highest BCUT2D eigenvalue weighted by molar-refractivity contribution is 5.19. The third-order valence-corrected chi connectivity index (χ3v) is 1.88. The Morgan fingerprint density at radius 2 is 2.23 bits per heavy atom. The molecule has 1 aromatic heterocycles. The van der Waals surface area contributed by atoms with Gasteiger partial charge in [0.05, 0.1) is 24.4 Å². The predicted molar refractivity (Wildman–Crippen MR) is 48.7 cm³/mol. The van der Waals surface area contributed by atoms with Gasteiger partial charge in [-0.2, -0.15) is 10.2 Å². The Balaban J connectivity index is 1.99. The van der Waals surface area contributed by atoms with Crippen LogP contribution in [0.5, 0.6) is 0 Å². The molecule has 1 aliphatic heterocycles. The van der Waals surface area contributed by atoms with E-state index >= 15 is 0 Å². The average molecular weight is 181 g/mol. The SMILES string of the molecule is CC(C)(C)ON1Cc2c[nH]nc2C1. The van der Waals surface area contributed by atoms with Gasteiger partial charge in [-0.1, -0.05) is 0 Å². The smallest absolute Gasteiger partial charge is 0.0832 e. The van der Waals surface area contributed by atoms with Crippen molar-refractivity contribution in [1.29, 1.82) is 0 Å². The lowest BCUT2D eigenvalue weighted by Gasteiger charge is -2.26. The molecule has 72 valence electrons. The number of rotatable bonds is 1. The third-order valence-electron chi connectivity index (χ3n) is 1.88. The van der Waals surface area contributed by atoms with Gasteiger partial charge in [0, 0.05) is 11.8 Å². The highest BCUT2D eigenvalue weighted by Crippen LogP contribution is 2.23. The van der Waals surface area contributed by atoms with Gasteiger partial charge in [0.25, 0.3) is 0 Å². The number of fused-ring (bicyclic) bond motifs is 1. The third kappa shape index (κ3) is 1.89. The zero-order chi connectivity index (χ0) is 9.47. The highest BCUT2D eigenvalue weighted by atomic mass is 16.7. The maximum absolute atomic E-state index is 5.72. The number of hydroxylamine groups is 2. The normalized spacial score (nSPS) is 17.8. The van der Waals surface area contributed by atoms with Gasteiger partial charge >= 0.3 is 0 Å². The molecule has 0 aromatic carbocycles. The van der Waals surface area contributed by atoms with Crippen LogP contribution in [0, 0.1) is 0 Å². The molecule has 0 unspecified atom stereocenters. The second-order valence-corrected chi connectivity index (χ2v) is 4.36. The number of aromatic amines is 1. The number of hydrogen-bond donors (Lipinski definition) is 1. The Labute approximate surface area is 77.8 Å². The van der Waals surface area contributed by atoms with Gasteiger partial charge in [-0.25, -0.2) is 0 Å². The minimum Gasteiger partial charge on any atom is -0.293 e. The Kier molecular flexibility index (Phi) is 1.89. The van der Waals surface area contributed by atoms with Gasteiger partial charge in [0.2, 0.25) is 0 Å². The summed E-state index contributed by atoms with van der Waals surface area (Å²) in [4.78, 5) is 5.72. The van der Waals surface area contributed by atoms with Crippen molar-refractivity contribution in [1.82, 2.24) is 15.3 Å². The molecule has 0 amide bonds. The molecular weight excluding hydrogens is 166 g/mol. The van der Waals surface area contributed by atoms with Crippen LogP contribution in [-0.2, 0) is 17.9 Å². The second kappa shape index (κ2) is 2.82. The van der Waals surface area contributed by atoms with Crippen LogP contribution in [0.3, 0.4) is 0 Å². The van der Waals surface area contributed by atoms with Crippen molar-refractivity contribution in [2.24, 2.45) is 0 Å². The van der Waals surface area contributed by atoms with E-state index in [-0.39, 0.29) is 5.60 Å². The molecule has 1 aliphatic rings. The first-order valence-corrected chi connectivity index (χ1v) is 4.50. The fourth-order valence-corrected chi connectivity index (χ4v) is 1.48. The number of aromatic nitrogens is 2. The first-order chi connectivity index (χ1) is 6.04. The fraction of sp³-hybridized carbons (Fsp3) is 0.667. The lowest BCUT2D eigenvalue weighted by atomic mass is 10.2. The number of nitrogens with one attached hydrogen (secondary N) is 1. The summed E-state index contributed by atoms with van der Waals surface area (Å²) < 4.78 is 0. The van der Waals surface area contributed by atoms with E-state index in [4.69, 9.17) is 4.84 Å². The minimum atomic E-state index is -0.118. The molecule has 4 nitrogen and oxygen atoms in total. The zero-order valence-corrected chi connectivity index (χ0v) is 8.29. The minimum absolute atomic E-state index is 0.118. The van der Waals surface area contributed by atoms with E-state index in [1.807, 2.05) is 11.3 Å². The van der Waals surface area contributed by atoms with Gasteiger partial charge in [0.15, 0.2) is 0 Å². The van der Waals surface area contributed by atoms with Crippen LogP contribution in [0.15, 0.2) is 6.20 Å². The average Bonchev–Trinajstić information content (AvgIpc) is 2.40. The second-order valence-electron chi connectivity index (χ2n) is 4.36. The summed E-state index contributed by atoms with van der Waals surface area (Å²) in [5, 5.41) is 8.93. The fourth-order valence-electron chi connectivity index (χ4n) is 1.48. The monoisotopic (exact) mass is 181 g/mol. The molecule has 0 saturated carbocycles. The quantitative estimate of drug-likeness (QED) is 0.713. The van der Waals surface area contributed by atoms with Gasteiger partial charge < -0.3 is 0 Å². The van der Waals surface area contributed by atoms with Crippen molar-refractivity contribution in [2.45, 2.75) is 39.5 Å². The van der Waals surface area contributed by atoms with Crippen molar-refractivity contribution < 1.29 is 4.84 Å². The number of hydrogen-bond acceptors (Lipinski definition) is 3. The zero-order valence-electron chi connectivity index (χ0n) is 8.29. The molecule has 2 heterocycles. The largest absolute Gasteiger partial charge is 0.293 e. The summed E-state index contributed by atoms with van der Waals surface area (Å²) in [7, 11) is 0.